The molecule has 0 radical (unpaired) electrons. The lowest BCUT2D eigenvalue weighted by atomic mass is 10.2. The fourth-order valence-electron chi connectivity index (χ4n) is 3.06. The van der Waals surface area contributed by atoms with Gasteiger partial charge < -0.3 is 14.4 Å². The summed E-state index contributed by atoms with van der Waals surface area (Å²) < 4.78 is 1.95. The number of fused-ring (bicyclic) bond motifs is 1. The Balaban J connectivity index is 1.76. The number of pyridine rings is 1. The van der Waals surface area contributed by atoms with Gasteiger partial charge in [-0.15, -0.1) is 0 Å². The summed E-state index contributed by atoms with van der Waals surface area (Å²) in [5, 5.41) is 10.6. The molecule has 0 aliphatic carbocycles. The topological polar surface area (TPSA) is 44.0 Å². The molecule has 2 aromatic heterocycles. The van der Waals surface area contributed by atoms with Crippen molar-refractivity contribution < 1.29 is 5.11 Å². The van der Waals surface area contributed by atoms with Crippen LogP contribution in [-0.4, -0.2) is 63.6 Å². The Kier molecular flexibility index (Phi) is 4.17. The number of rotatable bonds is 4. The molecular formula is C15H21ClN4O. The van der Waals surface area contributed by atoms with Crippen molar-refractivity contribution in [2.75, 3.05) is 27.2 Å². The Hall–Kier alpha value is -1.14. The van der Waals surface area contributed by atoms with Gasteiger partial charge in [0.15, 0.2) is 0 Å². The summed E-state index contributed by atoms with van der Waals surface area (Å²) in [6, 6.07) is 4.15. The molecule has 5 nitrogen and oxygen atoms in total. The molecule has 1 aliphatic rings. The maximum atomic E-state index is 9.93. The molecule has 3 heterocycles. The molecule has 3 rings (SSSR count). The number of aliphatic hydroxyl groups is 1. The summed E-state index contributed by atoms with van der Waals surface area (Å²) in [4.78, 5) is 9.10. The number of likely N-dealkylation sites (tertiary alicyclic amines) is 1. The minimum Gasteiger partial charge on any atom is -0.392 e. The van der Waals surface area contributed by atoms with Crippen molar-refractivity contribution in [2.24, 2.45) is 0 Å². The molecule has 2 aromatic rings. The number of imidazole rings is 1. The van der Waals surface area contributed by atoms with Crippen molar-refractivity contribution in [3.8, 4) is 0 Å². The van der Waals surface area contributed by atoms with Crippen LogP contribution in [0.25, 0.3) is 5.65 Å². The van der Waals surface area contributed by atoms with Crippen LogP contribution in [-0.2, 0) is 6.54 Å². The van der Waals surface area contributed by atoms with Crippen LogP contribution in [0.15, 0.2) is 24.5 Å². The minimum atomic E-state index is -0.235. The zero-order valence-corrected chi connectivity index (χ0v) is 13.2. The third kappa shape index (κ3) is 3.37. The SMILES string of the molecule is CN(C)CC1CC(O)CN1Cc1cn2cc(Cl)ccc2n1. The van der Waals surface area contributed by atoms with Crippen LogP contribution >= 0.6 is 11.6 Å². The minimum absolute atomic E-state index is 0.235. The first-order valence-electron chi connectivity index (χ1n) is 7.21. The second-order valence-electron chi connectivity index (χ2n) is 6.08. The maximum Gasteiger partial charge on any atom is 0.137 e. The highest BCUT2D eigenvalue weighted by Crippen LogP contribution is 2.21. The van der Waals surface area contributed by atoms with Gasteiger partial charge in [-0.05, 0) is 32.6 Å². The first-order valence-corrected chi connectivity index (χ1v) is 7.59. The van der Waals surface area contributed by atoms with E-state index in [-0.39, 0.29) is 6.10 Å². The predicted octanol–water partition coefficient (Wildman–Crippen LogP) is 1.48. The van der Waals surface area contributed by atoms with Crippen molar-refractivity contribution in [3.05, 3.63) is 35.2 Å². The Morgan fingerprint density at radius 1 is 1.38 bits per heavy atom. The zero-order valence-electron chi connectivity index (χ0n) is 12.4. The van der Waals surface area contributed by atoms with Crippen LogP contribution in [0.3, 0.4) is 0 Å². The molecule has 0 aromatic carbocycles. The van der Waals surface area contributed by atoms with Gasteiger partial charge in [-0.3, -0.25) is 4.90 Å². The van der Waals surface area contributed by atoms with Gasteiger partial charge >= 0.3 is 0 Å². The summed E-state index contributed by atoms with van der Waals surface area (Å²) in [5.41, 5.74) is 1.91. The first kappa shape index (κ1) is 14.8. The van der Waals surface area contributed by atoms with Crippen LogP contribution in [0.1, 0.15) is 12.1 Å². The van der Waals surface area contributed by atoms with Gasteiger partial charge in [0.25, 0.3) is 0 Å². The van der Waals surface area contributed by atoms with E-state index < -0.39 is 0 Å². The Morgan fingerprint density at radius 3 is 2.95 bits per heavy atom. The number of likely N-dealkylation sites (N-methyl/N-ethyl adjacent to an activating group) is 1. The van der Waals surface area contributed by atoms with Crippen LogP contribution in [0.5, 0.6) is 0 Å². The van der Waals surface area contributed by atoms with Crippen molar-refractivity contribution in [3.63, 3.8) is 0 Å². The van der Waals surface area contributed by atoms with Gasteiger partial charge in [-0.2, -0.15) is 0 Å². The molecule has 1 fully saturated rings. The summed E-state index contributed by atoms with van der Waals surface area (Å²) in [6.45, 7) is 2.43. The molecular weight excluding hydrogens is 288 g/mol. The number of aliphatic hydroxyl groups excluding tert-OH is 1. The molecule has 0 amide bonds. The molecule has 21 heavy (non-hydrogen) atoms. The van der Waals surface area contributed by atoms with E-state index in [9.17, 15) is 5.11 Å². The lowest BCUT2D eigenvalue weighted by Crippen LogP contribution is -2.37. The molecule has 1 N–H and O–H groups in total. The molecule has 114 valence electrons. The molecule has 0 spiro atoms. The quantitative estimate of drug-likeness (QED) is 0.929. The van der Waals surface area contributed by atoms with Crippen LogP contribution < -0.4 is 0 Å². The standard InChI is InChI=1S/C15H21ClN4O/c1-18(2)9-13-5-14(21)10-19(13)7-12-8-20-6-11(16)3-4-15(20)17-12/h3-4,6,8,13-14,21H,5,7,9-10H2,1-2H3. The van der Waals surface area contributed by atoms with E-state index in [2.05, 4.69) is 28.9 Å². The average molecular weight is 309 g/mol. The van der Waals surface area contributed by atoms with E-state index in [1.165, 1.54) is 0 Å². The predicted molar refractivity (Wildman–Crippen MR) is 83.6 cm³/mol. The zero-order chi connectivity index (χ0) is 15.0. The average Bonchev–Trinajstić information content (AvgIpc) is 2.92. The lowest BCUT2D eigenvalue weighted by Gasteiger charge is -2.25. The fourth-order valence-corrected chi connectivity index (χ4v) is 3.23. The number of β-amino-alcohol motifs (C(OH)–C–C–N with tert-alkyl or cyclic N) is 1. The Labute approximate surface area is 129 Å². The summed E-state index contributed by atoms with van der Waals surface area (Å²) in [5.74, 6) is 0. The Morgan fingerprint density at radius 2 is 2.19 bits per heavy atom. The summed E-state index contributed by atoms with van der Waals surface area (Å²) in [7, 11) is 4.13. The maximum absolute atomic E-state index is 9.93. The molecule has 2 atom stereocenters. The lowest BCUT2D eigenvalue weighted by molar-refractivity contribution is 0.168. The number of halogens is 1. The van der Waals surface area contributed by atoms with Crippen LogP contribution in [0.4, 0.5) is 0 Å². The van der Waals surface area contributed by atoms with Crippen LogP contribution in [0, 0.1) is 0 Å². The van der Waals surface area contributed by atoms with Crippen molar-refractivity contribution >= 4 is 17.2 Å². The van der Waals surface area contributed by atoms with Gasteiger partial charge in [0, 0.05) is 38.1 Å². The van der Waals surface area contributed by atoms with E-state index in [0.29, 0.717) is 17.6 Å². The number of aromatic nitrogens is 2. The highest BCUT2D eigenvalue weighted by atomic mass is 35.5. The van der Waals surface area contributed by atoms with Gasteiger partial charge in [-0.25, -0.2) is 4.98 Å². The van der Waals surface area contributed by atoms with E-state index in [1.807, 2.05) is 28.9 Å². The largest absolute Gasteiger partial charge is 0.392 e. The smallest absolute Gasteiger partial charge is 0.137 e. The van der Waals surface area contributed by atoms with Gasteiger partial charge in [-0.1, -0.05) is 11.6 Å². The second-order valence-corrected chi connectivity index (χ2v) is 6.52. The van der Waals surface area contributed by atoms with Gasteiger partial charge in [0.1, 0.15) is 5.65 Å². The van der Waals surface area contributed by atoms with E-state index >= 15 is 0 Å². The van der Waals surface area contributed by atoms with Gasteiger partial charge in [0.2, 0.25) is 0 Å². The monoisotopic (exact) mass is 308 g/mol. The number of nitrogens with zero attached hydrogens (tertiary/aromatic N) is 4. The second kappa shape index (κ2) is 5.93. The van der Waals surface area contributed by atoms with Crippen LogP contribution in [0.2, 0.25) is 5.02 Å². The highest BCUT2D eigenvalue weighted by Gasteiger charge is 2.31. The van der Waals surface area contributed by atoms with E-state index in [0.717, 1.165) is 30.9 Å². The van der Waals surface area contributed by atoms with Crippen molar-refractivity contribution in [1.29, 1.82) is 0 Å². The Bertz CT molecular complexity index is 627. The van der Waals surface area contributed by atoms with E-state index in [4.69, 9.17) is 11.6 Å². The molecule has 0 bridgehead atoms. The molecule has 0 saturated carbocycles. The highest BCUT2D eigenvalue weighted by molar-refractivity contribution is 6.30. The third-order valence-corrected chi connectivity index (χ3v) is 4.14. The first-order chi connectivity index (χ1) is 10.0. The van der Waals surface area contributed by atoms with Crippen molar-refractivity contribution in [1.82, 2.24) is 19.2 Å². The van der Waals surface area contributed by atoms with E-state index in [1.54, 1.807) is 0 Å². The third-order valence-electron chi connectivity index (χ3n) is 3.91. The molecule has 1 saturated heterocycles. The summed E-state index contributed by atoms with van der Waals surface area (Å²) in [6.07, 6.45) is 4.47. The number of hydrogen-bond donors (Lipinski definition) is 1. The van der Waals surface area contributed by atoms with Crippen molar-refractivity contribution in [2.45, 2.75) is 25.1 Å². The summed E-state index contributed by atoms with van der Waals surface area (Å²) >= 11 is 6.00. The molecule has 2 unspecified atom stereocenters. The fraction of sp³-hybridized carbons (Fsp3) is 0.533. The number of hydrogen-bond acceptors (Lipinski definition) is 4. The molecule has 1 aliphatic heterocycles. The normalized spacial score (nSPS) is 23.5. The van der Waals surface area contributed by atoms with Gasteiger partial charge in [0.05, 0.1) is 16.8 Å². The molecule has 6 heteroatoms.